The highest BCUT2D eigenvalue weighted by atomic mass is 16.5. The van der Waals surface area contributed by atoms with Gasteiger partial charge in [0.1, 0.15) is 17.6 Å². The zero-order chi connectivity index (χ0) is 17.0. The molecule has 2 aromatic rings. The number of phenolic OH excluding ortho intramolecular Hbond substituents is 1. The van der Waals surface area contributed by atoms with Crippen molar-refractivity contribution in [2.45, 2.75) is 64.4 Å². The highest BCUT2D eigenvalue weighted by molar-refractivity contribution is 5.35. The normalized spacial score (nSPS) is 12.0. The van der Waals surface area contributed by atoms with E-state index in [-0.39, 0.29) is 6.10 Å². The van der Waals surface area contributed by atoms with Gasteiger partial charge in [-0.3, -0.25) is 0 Å². The van der Waals surface area contributed by atoms with Crippen LogP contribution in [0.5, 0.6) is 11.5 Å². The minimum absolute atomic E-state index is 0.0933. The van der Waals surface area contributed by atoms with Crippen molar-refractivity contribution in [1.29, 1.82) is 0 Å². The van der Waals surface area contributed by atoms with Gasteiger partial charge in [0.15, 0.2) is 0 Å². The summed E-state index contributed by atoms with van der Waals surface area (Å²) in [4.78, 5) is 0. The number of ether oxygens (including phenoxy) is 1. The quantitative estimate of drug-likeness (QED) is 0.468. The van der Waals surface area contributed by atoms with E-state index in [1.165, 1.54) is 38.5 Å². The summed E-state index contributed by atoms with van der Waals surface area (Å²) in [5, 5.41) is 10.2. The lowest BCUT2D eigenvalue weighted by molar-refractivity contribution is 0.186. The molecule has 0 spiro atoms. The molecule has 24 heavy (non-hydrogen) atoms. The van der Waals surface area contributed by atoms with Crippen molar-refractivity contribution in [1.82, 2.24) is 0 Å². The van der Waals surface area contributed by atoms with Crippen LogP contribution in [-0.2, 0) is 0 Å². The molecule has 0 bridgehead atoms. The predicted octanol–water partition coefficient (Wildman–Crippen LogP) is 6.65. The zero-order valence-corrected chi connectivity index (χ0v) is 14.8. The number of unbranched alkanes of at least 4 members (excludes halogenated alkanes) is 6. The maximum atomic E-state index is 10.2. The molecule has 1 unspecified atom stereocenters. The summed E-state index contributed by atoms with van der Waals surface area (Å²) >= 11 is 0. The summed E-state index contributed by atoms with van der Waals surface area (Å²) in [5.74, 6) is 1.18. The Balaban J connectivity index is 1.90. The Bertz CT molecular complexity index is 565. The van der Waals surface area contributed by atoms with Crippen molar-refractivity contribution in [3.05, 3.63) is 60.2 Å². The summed E-state index contributed by atoms with van der Waals surface area (Å²) in [5.41, 5.74) is 0.882. The molecule has 1 N–H and O–H groups in total. The fraction of sp³-hybridized carbons (Fsp3) is 0.455. The maximum Gasteiger partial charge on any atom is 0.127 e. The van der Waals surface area contributed by atoms with Gasteiger partial charge in [0.05, 0.1) is 0 Å². The summed E-state index contributed by atoms with van der Waals surface area (Å²) in [6.45, 7) is 2.25. The number of phenols is 1. The first-order chi connectivity index (χ1) is 11.8. The van der Waals surface area contributed by atoms with Crippen molar-refractivity contribution in [2.75, 3.05) is 0 Å². The number of benzene rings is 2. The van der Waals surface area contributed by atoms with Crippen LogP contribution in [0, 0.1) is 0 Å². The van der Waals surface area contributed by atoms with Crippen molar-refractivity contribution in [3.63, 3.8) is 0 Å². The Morgan fingerprint density at radius 1 is 0.792 bits per heavy atom. The fourth-order valence-electron chi connectivity index (χ4n) is 2.99. The van der Waals surface area contributed by atoms with Crippen LogP contribution in [0.1, 0.15) is 70.0 Å². The lowest BCUT2D eigenvalue weighted by atomic mass is 10.0. The molecule has 0 saturated carbocycles. The van der Waals surface area contributed by atoms with Crippen LogP contribution in [0.4, 0.5) is 0 Å². The predicted molar refractivity (Wildman–Crippen MR) is 101 cm³/mol. The molecule has 0 aliphatic carbocycles. The van der Waals surface area contributed by atoms with Gasteiger partial charge in [-0.25, -0.2) is 0 Å². The van der Waals surface area contributed by atoms with E-state index in [9.17, 15) is 5.11 Å². The molecule has 0 aliphatic rings. The molecule has 2 rings (SSSR count). The van der Waals surface area contributed by atoms with Gasteiger partial charge < -0.3 is 9.84 Å². The lowest BCUT2D eigenvalue weighted by Gasteiger charge is -2.20. The van der Waals surface area contributed by atoms with Gasteiger partial charge in [-0.15, -0.1) is 0 Å². The second-order valence-electron chi connectivity index (χ2n) is 6.39. The average molecular weight is 326 g/mol. The molecule has 0 amide bonds. The second-order valence-corrected chi connectivity index (χ2v) is 6.39. The van der Waals surface area contributed by atoms with E-state index in [1.807, 2.05) is 48.5 Å². The van der Waals surface area contributed by atoms with E-state index >= 15 is 0 Å². The summed E-state index contributed by atoms with van der Waals surface area (Å²) in [7, 11) is 0. The molecular weight excluding hydrogens is 296 g/mol. The summed E-state index contributed by atoms with van der Waals surface area (Å²) in [6, 6.07) is 17.4. The first-order valence-electron chi connectivity index (χ1n) is 9.31. The SMILES string of the molecule is CCCCCCCCCC(Oc1ccccc1)c1ccccc1O. The number of hydrogen-bond donors (Lipinski definition) is 1. The number of rotatable bonds is 11. The van der Waals surface area contributed by atoms with Crippen molar-refractivity contribution < 1.29 is 9.84 Å². The van der Waals surface area contributed by atoms with E-state index in [2.05, 4.69) is 6.92 Å². The molecular formula is C22H30O2. The first-order valence-corrected chi connectivity index (χ1v) is 9.31. The Morgan fingerprint density at radius 2 is 1.42 bits per heavy atom. The number of hydrogen-bond acceptors (Lipinski definition) is 2. The van der Waals surface area contributed by atoms with Gasteiger partial charge >= 0.3 is 0 Å². The third kappa shape index (κ3) is 6.27. The molecule has 0 radical (unpaired) electrons. The Hall–Kier alpha value is -1.96. The molecule has 130 valence electrons. The third-order valence-corrected chi connectivity index (χ3v) is 4.38. The topological polar surface area (TPSA) is 29.5 Å². The van der Waals surface area contributed by atoms with Gasteiger partial charge in [0.2, 0.25) is 0 Å². The Morgan fingerprint density at radius 3 is 2.12 bits per heavy atom. The molecule has 0 aliphatic heterocycles. The lowest BCUT2D eigenvalue weighted by Crippen LogP contribution is -2.08. The van der Waals surface area contributed by atoms with Gasteiger partial charge in [0.25, 0.3) is 0 Å². The smallest absolute Gasteiger partial charge is 0.127 e. The Labute approximate surface area is 146 Å². The highest BCUT2D eigenvalue weighted by Gasteiger charge is 2.16. The van der Waals surface area contributed by atoms with Crippen LogP contribution in [0.15, 0.2) is 54.6 Å². The van der Waals surface area contributed by atoms with Crippen LogP contribution in [-0.4, -0.2) is 5.11 Å². The van der Waals surface area contributed by atoms with Crippen LogP contribution in [0.25, 0.3) is 0 Å². The third-order valence-electron chi connectivity index (χ3n) is 4.38. The molecule has 0 heterocycles. The minimum Gasteiger partial charge on any atom is -0.508 e. The minimum atomic E-state index is -0.0933. The fourth-order valence-corrected chi connectivity index (χ4v) is 2.99. The van der Waals surface area contributed by atoms with Crippen LogP contribution in [0.3, 0.4) is 0 Å². The zero-order valence-electron chi connectivity index (χ0n) is 14.8. The summed E-state index contributed by atoms with van der Waals surface area (Å²) < 4.78 is 6.17. The van der Waals surface area contributed by atoms with Crippen LogP contribution < -0.4 is 4.74 Å². The Kier molecular flexibility index (Phi) is 8.23. The number of aromatic hydroxyl groups is 1. The maximum absolute atomic E-state index is 10.2. The largest absolute Gasteiger partial charge is 0.508 e. The molecule has 2 heteroatoms. The van der Waals surface area contributed by atoms with Crippen molar-refractivity contribution in [3.8, 4) is 11.5 Å². The van der Waals surface area contributed by atoms with E-state index in [4.69, 9.17) is 4.74 Å². The van der Waals surface area contributed by atoms with Crippen molar-refractivity contribution in [2.24, 2.45) is 0 Å². The van der Waals surface area contributed by atoms with Gasteiger partial charge in [-0.2, -0.15) is 0 Å². The molecule has 0 saturated heterocycles. The average Bonchev–Trinajstić information content (AvgIpc) is 2.61. The molecule has 1 atom stereocenters. The van der Waals surface area contributed by atoms with Gasteiger partial charge in [-0.1, -0.05) is 81.8 Å². The van der Waals surface area contributed by atoms with E-state index < -0.39 is 0 Å². The van der Waals surface area contributed by atoms with Crippen molar-refractivity contribution >= 4 is 0 Å². The second kappa shape index (κ2) is 10.7. The van der Waals surface area contributed by atoms with Crippen LogP contribution >= 0.6 is 0 Å². The standard InChI is InChI=1S/C22H30O2/c1-2-3-4-5-6-7-11-18-22(20-16-12-13-17-21(20)23)24-19-14-9-8-10-15-19/h8-10,12-17,22-23H,2-7,11,18H2,1H3. The molecule has 2 aromatic carbocycles. The molecule has 0 aromatic heterocycles. The number of para-hydroxylation sites is 2. The van der Waals surface area contributed by atoms with E-state index in [0.717, 1.165) is 24.2 Å². The van der Waals surface area contributed by atoms with E-state index in [0.29, 0.717) is 5.75 Å². The van der Waals surface area contributed by atoms with Gasteiger partial charge in [0, 0.05) is 5.56 Å². The molecule has 2 nitrogen and oxygen atoms in total. The van der Waals surface area contributed by atoms with Gasteiger partial charge in [-0.05, 0) is 31.0 Å². The summed E-state index contributed by atoms with van der Waals surface area (Å²) in [6.07, 6.45) is 9.79. The molecule has 0 fully saturated rings. The highest BCUT2D eigenvalue weighted by Crippen LogP contribution is 2.32. The van der Waals surface area contributed by atoms with Crippen LogP contribution in [0.2, 0.25) is 0 Å². The van der Waals surface area contributed by atoms with E-state index in [1.54, 1.807) is 6.07 Å². The first kappa shape index (κ1) is 18.4. The monoisotopic (exact) mass is 326 g/mol.